The number of fused-ring (bicyclic) bond motifs is 1. The maximum Gasteiger partial charge on any atom is 0.346 e. The lowest BCUT2D eigenvalue weighted by Gasteiger charge is -2.46. The third-order valence-corrected chi connectivity index (χ3v) is 9.37. The van der Waals surface area contributed by atoms with Gasteiger partial charge in [-0.05, 0) is 56.1 Å². The van der Waals surface area contributed by atoms with Crippen molar-refractivity contribution < 1.29 is 23.1 Å². The first-order valence-corrected chi connectivity index (χ1v) is 13.5. The molecular weight excluding hydrogens is 472 g/mol. The number of rotatable bonds is 9. The molecule has 0 radical (unpaired) electrons. The molecule has 0 aromatic heterocycles. The van der Waals surface area contributed by atoms with Gasteiger partial charge in [-0.2, -0.15) is 0 Å². The summed E-state index contributed by atoms with van der Waals surface area (Å²) < 4.78 is 28.5. The van der Waals surface area contributed by atoms with Crippen LogP contribution in [0.1, 0.15) is 51.0 Å². The molecule has 0 spiro atoms. The average molecular weight is 509 g/mol. The van der Waals surface area contributed by atoms with Gasteiger partial charge < -0.3 is 32.5 Å². The Morgan fingerprint density at radius 1 is 1.34 bits per heavy atom. The van der Waals surface area contributed by atoms with Crippen LogP contribution in [-0.4, -0.2) is 66.8 Å². The number of carboxylic acids is 1. The monoisotopic (exact) mass is 508 g/mol. The summed E-state index contributed by atoms with van der Waals surface area (Å²) in [5.74, 6) is -2.52. The summed E-state index contributed by atoms with van der Waals surface area (Å²) in [6.45, 7) is 2.72. The number of likely N-dealkylation sites (tertiary alicyclic amines) is 1. The number of hydrogen-bond acceptors (Lipinski definition) is 7. The molecule has 1 fully saturated rings. The highest BCUT2D eigenvalue weighted by Crippen LogP contribution is 2.44. The Morgan fingerprint density at radius 2 is 2.09 bits per heavy atom. The Labute approximate surface area is 206 Å². The Bertz CT molecular complexity index is 1090. The van der Waals surface area contributed by atoms with Gasteiger partial charge in [0.05, 0.1) is 16.6 Å². The van der Waals surface area contributed by atoms with Crippen molar-refractivity contribution in [3.05, 3.63) is 23.8 Å². The number of nitrogens with two attached hydrogens (primary N) is 3. The first kappa shape index (κ1) is 26.7. The molecule has 194 valence electrons. The maximum absolute atomic E-state index is 14.3. The molecule has 3 rings (SSSR count). The van der Waals surface area contributed by atoms with E-state index in [1.807, 2.05) is 13.0 Å². The summed E-state index contributed by atoms with van der Waals surface area (Å²) in [6, 6.07) is 3.79. The third kappa shape index (κ3) is 5.08. The van der Waals surface area contributed by atoms with Gasteiger partial charge in [0, 0.05) is 19.6 Å². The zero-order valence-corrected chi connectivity index (χ0v) is 20.9. The molecule has 1 amide bonds. The van der Waals surface area contributed by atoms with Crippen molar-refractivity contribution in [2.75, 3.05) is 25.0 Å². The van der Waals surface area contributed by atoms with Gasteiger partial charge in [0.2, 0.25) is 20.6 Å². The molecule has 12 heteroatoms. The lowest BCUT2D eigenvalue weighted by Crippen LogP contribution is -2.67. The molecule has 1 saturated heterocycles. The Hall–Kier alpha value is -2.86. The molecule has 35 heavy (non-hydrogen) atoms. The standard InChI is InChI=1S/C23H36N6O5S/c1-2-15-10-13-29(20(30)17(24)8-5-12-28-22(25)26)23(14-15,21(31)32)35(33,34)18-9-3-6-16-7-4-11-27-19(16)18/h3,6,9,15,17,27H,2,4-5,7-8,10-14,24H2,1H3,(H,31,32)(H4,25,26,28)/t15?,17-,23?/m0/s1. The van der Waals surface area contributed by atoms with Crippen molar-refractivity contribution in [2.24, 2.45) is 28.1 Å². The fourth-order valence-electron chi connectivity index (χ4n) is 5.03. The summed E-state index contributed by atoms with van der Waals surface area (Å²) in [5, 5.41) is 13.6. The molecule has 0 bridgehead atoms. The third-order valence-electron chi connectivity index (χ3n) is 7.00. The fraction of sp³-hybridized carbons (Fsp3) is 0.609. The van der Waals surface area contributed by atoms with E-state index in [0.29, 0.717) is 37.9 Å². The molecule has 11 nitrogen and oxygen atoms in total. The zero-order valence-electron chi connectivity index (χ0n) is 20.1. The largest absolute Gasteiger partial charge is 0.479 e. The normalized spacial score (nSPS) is 23.0. The van der Waals surface area contributed by atoms with E-state index in [1.54, 1.807) is 6.07 Å². The Kier molecular flexibility index (Phi) is 8.26. The number of carboxylic acid groups (broad SMARTS) is 1. The van der Waals surface area contributed by atoms with Gasteiger partial charge in [0.15, 0.2) is 5.96 Å². The molecule has 2 aliphatic rings. The lowest BCUT2D eigenvalue weighted by atomic mass is 9.87. The number of carbonyl (C=O) groups is 2. The lowest BCUT2D eigenvalue weighted by molar-refractivity contribution is -0.157. The van der Waals surface area contributed by atoms with Crippen LogP contribution in [0.3, 0.4) is 0 Å². The zero-order chi connectivity index (χ0) is 25.8. The first-order chi connectivity index (χ1) is 16.6. The number of nitrogens with one attached hydrogen (secondary N) is 1. The summed E-state index contributed by atoms with van der Waals surface area (Å²) in [6.07, 6.45) is 3.00. The van der Waals surface area contributed by atoms with Crippen molar-refractivity contribution >= 4 is 33.4 Å². The van der Waals surface area contributed by atoms with Crippen LogP contribution in [0.25, 0.3) is 0 Å². The molecule has 1 aromatic rings. The van der Waals surface area contributed by atoms with E-state index in [9.17, 15) is 23.1 Å². The topological polar surface area (TPSA) is 194 Å². The minimum Gasteiger partial charge on any atom is -0.479 e. The van der Waals surface area contributed by atoms with E-state index in [2.05, 4.69) is 10.3 Å². The van der Waals surface area contributed by atoms with E-state index in [4.69, 9.17) is 17.2 Å². The molecule has 0 saturated carbocycles. The van der Waals surface area contributed by atoms with Crippen molar-refractivity contribution in [1.29, 1.82) is 0 Å². The van der Waals surface area contributed by atoms with Gasteiger partial charge in [0.25, 0.3) is 0 Å². The van der Waals surface area contributed by atoms with Crippen LogP contribution in [0, 0.1) is 5.92 Å². The number of para-hydroxylation sites is 1. The van der Waals surface area contributed by atoms with E-state index in [0.717, 1.165) is 16.9 Å². The van der Waals surface area contributed by atoms with Crippen LogP contribution < -0.4 is 22.5 Å². The van der Waals surface area contributed by atoms with Crippen LogP contribution in [-0.2, 0) is 25.8 Å². The first-order valence-electron chi connectivity index (χ1n) is 12.0. The molecular formula is C23H36N6O5S. The van der Waals surface area contributed by atoms with Crippen molar-refractivity contribution in [3.8, 4) is 0 Å². The number of aliphatic imine (C=N–C) groups is 1. The van der Waals surface area contributed by atoms with Crippen LogP contribution in [0.4, 0.5) is 5.69 Å². The van der Waals surface area contributed by atoms with E-state index in [-0.39, 0.29) is 42.7 Å². The smallest absolute Gasteiger partial charge is 0.346 e. The highest BCUT2D eigenvalue weighted by Gasteiger charge is 2.61. The van der Waals surface area contributed by atoms with Crippen LogP contribution >= 0.6 is 0 Å². The maximum atomic E-state index is 14.3. The number of piperidine rings is 1. The number of guanidine groups is 1. The molecule has 2 unspecified atom stereocenters. The number of aliphatic carboxylic acids is 1. The van der Waals surface area contributed by atoms with E-state index >= 15 is 0 Å². The second kappa shape index (κ2) is 10.8. The SMILES string of the molecule is CCC1CCN(C(=O)[C@@H](N)CCCN=C(N)N)C(C(=O)O)(S(=O)(=O)c2cccc3c2NCCC3)C1. The number of aryl methyl sites for hydroxylation is 1. The minimum atomic E-state index is -4.54. The Morgan fingerprint density at radius 3 is 2.74 bits per heavy atom. The van der Waals surface area contributed by atoms with Gasteiger partial charge in [-0.3, -0.25) is 9.79 Å². The van der Waals surface area contributed by atoms with Gasteiger partial charge in [-0.15, -0.1) is 0 Å². The number of sulfone groups is 1. The summed E-state index contributed by atoms with van der Waals surface area (Å²) in [5.41, 5.74) is 18.0. The van der Waals surface area contributed by atoms with Crippen LogP contribution in [0.2, 0.25) is 0 Å². The summed E-state index contributed by atoms with van der Waals surface area (Å²) in [7, 11) is -4.54. The highest BCUT2D eigenvalue weighted by atomic mass is 32.2. The molecule has 3 atom stereocenters. The van der Waals surface area contributed by atoms with E-state index in [1.165, 1.54) is 6.07 Å². The van der Waals surface area contributed by atoms with Gasteiger partial charge in [-0.1, -0.05) is 25.5 Å². The quantitative estimate of drug-likeness (QED) is 0.180. The van der Waals surface area contributed by atoms with Crippen LogP contribution in [0.15, 0.2) is 28.1 Å². The van der Waals surface area contributed by atoms with Gasteiger partial charge in [0.1, 0.15) is 0 Å². The van der Waals surface area contributed by atoms with Crippen LogP contribution in [0.5, 0.6) is 0 Å². The molecule has 8 N–H and O–H groups in total. The molecule has 0 aliphatic carbocycles. The van der Waals surface area contributed by atoms with Crippen molar-refractivity contribution in [2.45, 2.75) is 67.7 Å². The molecule has 2 heterocycles. The summed E-state index contributed by atoms with van der Waals surface area (Å²) in [4.78, 5) is 28.7. The predicted molar refractivity (Wildman–Crippen MR) is 133 cm³/mol. The number of carbonyl (C=O) groups excluding carboxylic acids is 1. The van der Waals surface area contributed by atoms with Crippen molar-refractivity contribution in [3.63, 3.8) is 0 Å². The minimum absolute atomic E-state index is 0.00702. The predicted octanol–water partition coefficient (Wildman–Crippen LogP) is 0.629. The van der Waals surface area contributed by atoms with Gasteiger partial charge >= 0.3 is 5.97 Å². The second-order valence-electron chi connectivity index (χ2n) is 9.23. The number of nitrogens with zero attached hydrogens (tertiary/aromatic N) is 2. The number of anilines is 1. The number of amides is 1. The molecule has 1 aromatic carbocycles. The van der Waals surface area contributed by atoms with Crippen molar-refractivity contribution in [1.82, 2.24) is 4.90 Å². The van der Waals surface area contributed by atoms with E-state index < -0.39 is 32.6 Å². The summed E-state index contributed by atoms with van der Waals surface area (Å²) >= 11 is 0. The highest BCUT2D eigenvalue weighted by molar-refractivity contribution is 7.93. The average Bonchev–Trinajstić information content (AvgIpc) is 2.84. The van der Waals surface area contributed by atoms with Gasteiger partial charge in [-0.25, -0.2) is 13.2 Å². The second-order valence-corrected chi connectivity index (χ2v) is 11.3. The molecule has 2 aliphatic heterocycles. The number of hydrogen-bond donors (Lipinski definition) is 5. The Balaban J connectivity index is 2.05. The number of benzene rings is 1. The fourth-order valence-corrected chi connectivity index (χ4v) is 7.28.